The number of amides is 2. The van der Waals surface area contributed by atoms with Gasteiger partial charge in [0.1, 0.15) is 0 Å². The van der Waals surface area contributed by atoms with Crippen molar-refractivity contribution in [2.45, 2.75) is 45.1 Å². The van der Waals surface area contributed by atoms with Gasteiger partial charge in [-0.05, 0) is 32.6 Å². The van der Waals surface area contributed by atoms with E-state index in [0.717, 1.165) is 25.7 Å². The first-order chi connectivity index (χ1) is 8.91. The first kappa shape index (κ1) is 15.5. The lowest BCUT2D eigenvalue weighted by molar-refractivity contribution is -0.148. The Morgan fingerprint density at radius 2 is 2.26 bits per heavy atom. The standard InChI is InChI=1S/C14H24N2O3/c1-4-5-6-10-16(3)13(19)15-11-8-7-9-14(11,2)12(17)18/h4,11H,1,5-10H2,2-3H3,(H,15,19)(H,17,18). The minimum atomic E-state index is -0.836. The van der Waals surface area contributed by atoms with Crippen LogP contribution in [0.5, 0.6) is 0 Å². The third-order valence-corrected chi connectivity index (χ3v) is 3.99. The van der Waals surface area contributed by atoms with Gasteiger partial charge < -0.3 is 15.3 Å². The quantitative estimate of drug-likeness (QED) is 0.573. The van der Waals surface area contributed by atoms with Crippen LogP contribution in [0.2, 0.25) is 0 Å². The summed E-state index contributed by atoms with van der Waals surface area (Å²) < 4.78 is 0. The number of unbranched alkanes of at least 4 members (excludes halogenated alkanes) is 1. The molecule has 2 unspecified atom stereocenters. The van der Waals surface area contributed by atoms with Gasteiger partial charge in [0.05, 0.1) is 5.41 Å². The molecule has 108 valence electrons. The lowest BCUT2D eigenvalue weighted by atomic mass is 9.85. The van der Waals surface area contributed by atoms with E-state index in [1.54, 1.807) is 18.9 Å². The van der Waals surface area contributed by atoms with Crippen LogP contribution < -0.4 is 5.32 Å². The molecular formula is C14H24N2O3. The Bertz CT molecular complexity index is 357. The van der Waals surface area contributed by atoms with Crippen molar-refractivity contribution in [2.24, 2.45) is 5.41 Å². The number of aliphatic carboxylic acids is 1. The average molecular weight is 268 g/mol. The van der Waals surface area contributed by atoms with E-state index in [1.807, 2.05) is 6.08 Å². The van der Waals surface area contributed by atoms with Crippen LogP contribution in [0.4, 0.5) is 4.79 Å². The number of nitrogens with zero attached hydrogens (tertiary/aromatic N) is 1. The smallest absolute Gasteiger partial charge is 0.317 e. The summed E-state index contributed by atoms with van der Waals surface area (Å²) in [6.07, 6.45) is 5.75. The largest absolute Gasteiger partial charge is 0.481 e. The molecule has 19 heavy (non-hydrogen) atoms. The van der Waals surface area contributed by atoms with Gasteiger partial charge in [0.15, 0.2) is 0 Å². The highest BCUT2D eigenvalue weighted by molar-refractivity contribution is 5.79. The summed E-state index contributed by atoms with van der Waals surface area (Å²) in [5.74, 6) is -0.829. The van der Waals surface area contributed by atoms with Gasteiger partial charge in [-0.25, -0.2) is 4.79 Å². The highest BCUT2D eigenvalue weighted by Gasteiger charge is 2.46. The second-order valence-corrected chi connectivity index (χ2v) is 5.47. The number of carbonyl (C=O) groups excluding carboxylic acids is 1. The Kier molecular flexibility index (Phi) is 5.39. The summed E-state index contributed by atoms with van der Waals surface area (Å²) in [6, 6.07) is -0.470. The van der Waals surface area contributed by atoms with Gasteiger partial charge in [-0.1, -0.05) is 12.5 Å². The summed E-state index contributed by atoms with van der Waals surface area (Å²) in [6.45, 7) is 6.00. The Balaban J connectivity index is 2.51. The number of carboxylic acid groups (broad SMARTS) is 1. The normalized spacial score (nSPS) is 25.9. The summed E-state index contributed by atoms with van der Waals surface area (Å²) >= 11 is 0. The summed E-state index contributed by atoms with van der Waals surface area (Å²) in [5.41, 5.74) is -0.836. The number of allylic oxidation sites excluding steroid dienone is 1. The van der Waals surface area contributed by atoms with Gasteiger partial charge in [-0.15, -0.1) is 6.58 Å². The van der Waals surface area contributed by atoms with Crippen molar-refractivity contribution in [1.82, 2.24) is 10.2 Å². The first-order valence-corrected chi connectivity index (χ1v) is 6.77. The van der Waals surface area contributed by atoms with Crippen molar-refractivity contribution in [1.29, 1.82) is 0 Å². The molecule has 0 aromatic heterocycles. The number of urea groups is 1. The summed E-state index contributed by atoms with van der Waals surface area (Å²) in [4.78, 5) is 24.9. The Hall–Kier alpha value is -1.52. The zero-order chi connectivity index (χ0) is 14.5. The minimum Gasteiger partial charge on any atom is -0.481 e. The molecule has 2 amide bonds. The van der Waals surface area contributed by atoms with E-state index in [-0.39, 0.29) is 12.1 Å². The molecule has 0 radical (unpaired) electrons. The number of carbonyl (C=O) groups is 2. The van der Waals surface area contributed by atoms with Crippen LogP contribution in [0.1, 0.15) is 39.0 Å². The van der Waals surface area contributed by atoms with Crippen molar-refractivity contribution in [2.75, 3.05) is 13.6 Å². The molecule has 0 aromatic carbocycles. The van der Waals surface area contributed by atoms with Gasteiger partial charge in [0.2, 0.25) is 0 Å². The second-order valence-electron chi connectivity index (χ2n) is 5.47. The van der Waals surface area contributed by atoms with Gasteiger partial charge in [0.25, 0.3) is 0 Å². The van der Waals surface area contributed by atoms with E-state index in [1.165, 1.54) is 0 Å². The summed E-state index contributed by atoms with van der Waals surface area (Å²) in [7, 11) is 1.73. The second kappa shape index (κ2) is 6.59. The van der Waals surface area contributed by atoms with Gasteiger partial charge >= 0.3 is 12.0 Å². The molecule has 0 heterocycles. The zero-order valence-corrected chi connectivity index (χ0v) is 11.8. The molecule has 0 aliphatic heterocycles. The maximum Gasteiger partial charge on any atom is 0.317 e. The Morgan fingerprint density at radius 3 is 2.84 bits per heavy atom. The Labute approximate surface area is 114 Å². The molecule has 1 aliphatic carbocycles. The van der Waals surface area contributed by atoms with Crippen LogP contribution in [0, 0.1) is 5.41 Å². The maximum atomic E-state index is 12.0. The topological polar surface area (TPSA) is 69.6 Å². The molecular weight excluding hydrogens is 244 g/mol. The molecule has 5 nitrogen and oxygen atoms in total. The average Bonchev–Trinajstić information content (AvgIpc) is 2.72. The fraction of sp³-hybridized carbons (Fsp3) is 0.714. The summed E-state index contributed by atoms with van der Waals surface area (Å²) in [5, 5.41) is 12.1. The van der Waals surface area contributed by atoms with E-state index in [9.17, 15) is 14.7 Å². The maximum absolute atomic E-state index is 12.0. The number of carboxylic acids is 1. The molecule has 0 saturated heterocycles. The molecule has 1 saturated carbocycles. The van der Waals surface area contributed by atoms with E-state index in [2.05, 4.69) is 11.9 Å². The van der Waals surface area contributed by atoms with Crippen LogP contribution in [-0.4, -0.2) is 41.6 Å². The monoisotopic (exact) mass is 268 g/mol. The van der Waals surface area contributed by atoms with E-state index in [4.69, 9.17) is 0 Å². The third kappa shape index (κ3) is 3.72. The van der Waals surface area contributed by atoms with Crippen LogP contribution in [0.15, 0.2) is 12.7 Å². The first-order valence-electron chi connectivity index (χ1n) is 6.77. The number of hydrogen-bond donors (Lipinski definition) is 2. The molecule has 2 atom stereocenters. The molecule has 1 aliphatic rings. The third-order valence-electron chi connectivity index (χ3n) is 3.99. The predicted molar refractivity (Wildman–Crippen MR) is 74.0 cm³/mol. The molecule has 0 bridgehead atoms. The molecule has 0 aromatic rings. The zero-order valence-electron chi connectivity index (χ0n) is 11.8. The fourth-order valence-electron chi connectivity index (χ4n) is 2.49. The van der Waals surface area contributed by atoms with Gasteiger partial charge in [-0.3, -0.25) is 4.79 Å². The fourth-order valence-corrected chi connectivity index (χ4v) is 2.49. The van der Waals surface area contributed by atoms with Gasteiger partial charge in [0, 0.05) is 19.6 Å². The van der Waals surface area contributed by atoms with Crippen molar-refractivity contribution in [3.8, 4) is 0 Å². The predicted octanol–water partition coefficient (Wildman–Crippen LogP) is 2.24. The highest BCUT2D eigenvalue weighted by Crippen LogP contribution is 2.38. The van der Waals surface area contributed by atoms with Crippen LogP contribution in [0.3, 0.4) is 0 Å². The molecule has 1 fully saturated rings. The highest BCUT2D eigenvalue weighted by atomic mass is 16.4. The molecule has 0 spiro atoms. The lowest BCUT2D eigenvalue weighted by Crippen LogP contribution is -2.50. The molecule has 1 rings (SSSR count). The van der Waals surface area contributed by atoms with E-state index >= 15 is 0 Å². The van der Waals surface area contributed by atoms with Crippen LogP contribution >= 0.6 is 0 Å². The van der Waals surface area contributed by atoms with Crippen LogP contribution in [-0.2, 0) is 4.79 Å². The SMILES string of the molecule is C=CCCCN(C)C(=O)NC1CCCC1(C)C(=O)O. The molecule has 5 heteroatoms. The van der Waals surface area contributed by atoms with Gasteiger partial charge in [-0.2, -0.15) is 0 Å². The Morgan fingerprint density at radius 1 is 1.58 bits per heavy atom. The minimum absolute atomic E-state index is 0.191. The van der Waals surface area contributed by atoms with Crippen molar-refractivity contribution >= 4 is 12.0 Å². The van der Waals surface area contributed by atoms with Crippen molar-refractivity contribution in [3.05, 3.63) is 12.7 Å². The lowest BCUT2D eigenvalue weighted by Gasteiger charge is -2.29. The number of nitrogens with one attached hydrogen (secondary N) is 1. The van der Waals surface area contributed by atoms with E-state index in [0.29, 0.717) is 13.0 Å². The van der Waals surface area contributed by atoms with E-state index < -0.39 is 11.4 Å². The number of hydrogen-bond acceptors (Lipinski definition) is 2. The van der Waals surface area contributed by atoms with Crippen molar-refractivity contribution in [3.63, 3.8) is 0 Å². The van der Waals surface area contributed by atoms with Crippen LogP contribution in [0.25, 0.3) is 0 Å². The molecule has 2 N–H and O–H groups in total. The van der Waals surface area contributed by atoms with Crippen molar-refractivity contribution < 1.29 is 14.7 Å². The number of rotatable bonds is 6.